The van der Waals surface area contributed by atoms with Crippen LogP contribution in [-0.2, 0) is 4.74 Å². The third kappa shape index (κ3) is 3.23. The lowest BCUT2D eigenvalue weighted by Gasteiger charge is -2.10. The minimum Gasteiger partial charge on any atom is -0.465 e. The maximum Gasteiger partial charge on any atom is 0.351 e. The van der Waals surface area contributed by atoms with Crippen molar-refractivity contribution in [1.29, 1.82) is 0 Å². The molecule has 1 N–H and O–H groups in total. The van der Waals surface area contributed by atoms with Gasteiger partial charge in [0.05, 0.1) is 12.6 Å². The van der Waals surface area contributed by atoms with Crippen molar-refractivity contribution in [1.82, 2.24) is 4.98 Å². The molecule has 0 aromatic carbocycles. The molecule has 2 rings (SSSR count). The van der Waals surface area contributed by atoms with Crippen LogP contribution in [0.5, 0.6) is 0 Å². The maximum atomic E-state index is 11.4. The van der Waals surface area contributed by atoms with Crippen molar-refractivity contribution in [2.24, 2.45) is 0 Å². The lowest BCUT2D eigenvalue weighted by molar-refractivity contribution is 0.0607. The lowest BCUT2D eigenvalue weighted by Crippen LogP contribution is -2.15. The number of halogens is 1. The first kappa shape index (κ1) is 12.9. The summed E-state index contributed by atoms with van der Waals surface area (Å²) in [7, 11) is 1.37. The second-order valence-electron chi connectivity index (χ2n) is 3.39. The van der Waals surface area contributed by atoms with Crippen LogP contribution in [0.1, 0.15) is 16.1 Å². The van der Waals surface area contributed by atoms with E-state index in [4.69, 9.17) is 4.74 Å². The van der Waals surface area contributed by atoms with Gasteiger partial charge in [-0.05, 0) is 22.4 Å². The topological polar surface area (TPSA) is 51.2 Å². The molecule has 1 aliphatic heterocycles. The molecule has 1 atom stereocenters. The first-order valence-corrected chi connectivity index (χ1v) is 7.54. The minimum absolute atomic E-state index is 0.339. The summed E-state index contributed by atoms with van der Waals surface area (Å²) in [6.45, 7) is 0.782. The van der Waals surface area contributed by atoms with E-state index in [2.05, 4.69) is 32.3 Å². The van der Waals surface area contributed by atoms with Gasteiger partial charge in [0.1, 0.15) is 0 Å². The van der Waals surface area contributed by atoms with Crippen LogP contribution in [0, 0.1) is 0 Å². The zero-order valence-electron chi connectivity index (χ0n) is 9.10. The number of hydrogen-bond donors (Lipinski definition) is 1. The summed E-state index contributed by atoms with van der Waals surface area (Å²) < 4.78 is 5.87. The van der Waals surface area contributed by atoms with E-state index in [0.29, 0.717) is 15.9 Å². The third-order valence-electron chi connectivity index (χ3n) is 2.26. The number of anilines is 1. The van der Waals surface area contributed by atoms with E-state index in [1.807, 2.05) is 0 Å². The standard InChI is InChI=1S/C10H11BrN2O2S2/c1-15-10(14)8-9(13-5-16-8)12-4-6-2-3-7(11)17-6/h3,5-6,12H,2,4H2,1H3. The van der Waals surface area contributed by atoms with Gasteiger partial charge in [-0.3, -0.25) is 0 Å². The fraction of sp³-hybridized carbons (Fsp3) is 0.400. The van der Waals surface area contributed by atoms with Gasteiger partial charge >= 0.3 is 5.97 Å². The smallest absolute Gasteiger partial charge is 0.351 e. The Morgan fingerprint density at radius 1 is 1.76 bits per heavy atom. The summed E-state index contributed by atoms with van der Waals surface area (Å²) in [5.74, 6) is 0.277. The van der Waals surface area contributed by atoms with E-state index in [1.54, 1.807) is 17.3 Å². The van der Waals surface area contributed by atoms with E-state index < -0.39 is 0 Å². The average molecular weight is 335 g/mol. The van der Waals surface area contributed by atoms with E-state index in [-0.39, 0.29) is 5.97 Å². The molecule has 0 radical (unpaired) electrons. The zero-order valence-corrected chi connectivity index (χ0v) is 12.3. The number of carbonyl (C=O) groups excluding carboxylic acids is 1. The van der Waals surface area contributed by atoms with Gasteiger partial charge < -0.3 is 10.1 Å². The highest BCUT2D eigenvalue weighted by atomic mass is 79.9. The Bertz CT molecular complexity index is 447. The fourth-order valence-electron chi connectivity index (χ4n) is 1.42. The Morgan fingerprint density at radius 2 is 2.59 bits per heavy atom. The Morgan fingerprint density at radius 3 is 3.24 bits per heavy atom. The molecule has 0 saturated carbocycles. The lowest BCUT2D eigenvalue weighted by atomic mass is 10.3. The van der Waals surface area contributed by atoms with Crippen molar-refractivity contribution in [2.75, 3.05) is 19.0 Å². The number of esters is 1. The molecule has 2 heterocycles. The highest BCUT2D eigenvalue weighted by molar-refractivity contribution is 9.14. The zero-order chi connectivity index (χ0) is 12.3. The second kappa shape index (κ2) is 5.88. The molecule has 1 aromatic heterocycles. The van der Waals surface area contributed by atoms with E-state index in [1.165, 1.54) is 22.3 Å². The minimum atomic E-state index is -0.339. The average Bonchev–Trinajstić information content (AvgIpc) is 2.94. The Kier molecular flexibility index (Phi) is 4.47. The summed E-state index contributed by atoms with van der Waals surface area (Å²) >= 11 is 6.53. The van der Waals surface area contributed by atoms with E-state index in [9.17, 15) is 4.79 Å². The molecule has 1 aliphatic rings. The number of thiazole rings is 1. The van der Waals surface area contributed by atoms with Crippen molar-refractivity contribution in [3.63, 3.8) is 0 Å². The van der Waals surface area contributed by atoms with Gasteiger partial charge in [-0.2, -0.15) is 0 Å². The number of aromatic nitrogens is 1. The van der Waals surface area contributed by atoms with Gasteiger partial charge in [-0.15, -0.1) is 23.1 Å². The first-order valence-electron chi connectivity index (χ1n) is 4.98. The molecular weight excluding hydrogens is 324 g/mol. The van der Waals surface area contributed by atoms with Crippen molar-refractivity contribution < 1.29 is 9.53 Å². The predicted molar refractivity (Wildman–Crippen MR) is 74.9 cm³/mol. The van der Waals surface area contributed by atoms with Crippen LogP contribution in [0.25, 0.3) is 0 Å². The Hall–Kier alpha value is -0.530. The van der Waals surface area contributed by atoms with Crippen LogP contribution >= 0.6 is 39.0 Å². The van der Waals surface area contributed by atoms with Crippen LogP contribution in [0.3, 0.4) is 0 Å². The Labute approximate surface area is 116 Å². The molecule has 92 valence electrons. The number of thioether (sulfide) groups is 1. The molecule has 0 saturated heterocycles. The number of hydrogen-bond acceptors (Lipinski definition) is 6. The summed E-state index contributed by atoms with van der Waals surface area (Å²) in [6.07, 6.45) is 3.18. The number of methoxy groups -OCH3 is 1. The predicted octanol–water partition coefficient (Wildman–Crippen LogP) is 3.08. The maximum absolute atomic E-state index is 11.4. The van der Waals surface area contributed by atoms with Crippen molar-refractivity contribution in [2.45, 2.75) is 11.7 Å². The van der Waals surface area contributed by atoms with Gasteiger partial charge in [0.15, 0.2) is 10.7 Å². The molecule has 0 amide bonds. The number of ether oxygens (including phenoxy) is 1. The number of allylic oxidation sites excluding steroid dienone is 1. The number of nitrogens with zero attached hydrogens (tertiary/aromatic N) is 1. The quantitative estimate of drug-likeness (QED) is 0.857. The van der Waals surface area contributed by atoms with Gasteiger partial charge in [-0.1, -0.05) is 6.08 Å². The van der Waals surface area contributed by atoms with Gasteiger partial charge in [0, 0.05) is 15.6 Å². The number of rotatable bonds is 4. The third-order valence-corrected chi connectivity index (χ3v) is 5.03. The summed E-state index contributed by atoms with van der Waals surface area (Å²) in [6, 6.07) is 0. The second-order valence-corrected chi connectivity index (χ2v) is 6.96. The van der Waals surface area contributed by atoms with E-state index in [0.717, 1.165) is 13.0 Å². The van der Waals surface area contributed by atoms with E-state index >= 15 is 0 Å². The van der Waals surface area contributed by atoms with Crippen molar-refractivity contribution in [3.05, 3.63) is 20.3 Å². The van der Waals surface area contributed by atoms with Crippen molar-refractivity contribution in [3.8, 4) is 0 Å². The highest BCUT2D eigenvalue weighted by Gasteiger charge is 2.19. The highest BCUT2D eigenvalue weighted by Crippen LogP contribution is 2.36. The molecule has 0 bridgehead atoms. The molecule has 0 aliphatic carbocycles. The monoisotopic (exact) mass is 334 g/mol. The number of carbonyl (C=O) groups is 1. The molecule has 0 spiro atoms. The van der Waals surface area contributed by atoms with Gasteiger partial charge in [0.2, 0.25) is 0 Å². The van der Waals surface area contributed by atoms with Crippen LogP contribution in [-0.4, -0.2) is 29.9 Å². The fourth-order valence-corrected chi connectivity index (χ4v) is 3.95. The van der Waals surface area contributed by atoms with Crippen LogP contribution in [0.2, 0.25) is 0 Å². The molecule has 0 fully saturated rings. The Balaban J connectivity index is 1.91. The first-order chi connectivity index (χ1) is 8.20. The molecular formula is C10H11BrN2O2S2. The van der Waals surface area contributed by atoms with Crippen LogP contribution < -0.4 is 5.32 Å². The molecule has 7 heteroatoms. The molecule has 1 aromatic rings. The summed E-state index contributed by atoms with van der Waals surface area (Å²) in [5.41, 5.74) is 1.64. The number of nitrogens with one attached hydrogen (secondary N) is 1. The van der Waals surface area contributed by atoms with Crippen LogP contribution in [0.15, 0.2) is 15.4 Å². The normalized spacial score (nSPS) is 18.9. The van der Waals surface area contributed by atoms with Crippen LogP contribution in [0.4, 0.5) is 5.82 Å². The molecule has 17 heavy (non-hydrogen) atoms. The summed E-state index contributed by atoms with van der Waals surface area (Å²) in [5, 5.41) is 3.68. The van der Waals surface area contributed by atoms with Gasteiger partial charge in [-0.25, -0.2) is 9.78 Å². The SMILES string of the molecule is COC(=O)c1scnc1NCC1CC=C(Br)S1. The largest absolute Gasteiger partial charge is 0.465 e. The van der Waals surface area contributed by atoms with Gasteiger partial charge in [0.25, 0.3) is 0 Å². The molecule has 4 nitrogen and oxygen atoms in total. The summed E-state index contributed by atoms with van der Waals surface area (Å²) in [4.78, 5) is 16.1. The van der Waals surface area contributed by atoms with Crippen molar-refractivity contribution >= 4 is 50.8 Å². The molecule has 1 unspecified atom stereocenters.